The maximum Gasteiger partial charge on any atom is 0.250 e. The number of rotatable bonds is 6. The van der Waals surface area contributed by atoms with Gasteiger partial charge >= 0.3 is 0 Å². The molecule has 0 aliphatic rings. The van der Waals surface area contributed by atoms with E-state index in [2.05, 4.69) is 19.9 Å². The second kappa shape index (κ2) is 6.04. The summed E-state index contributed by atoms with van der Waals surface area (Å²) in [5.41, 5.74) is 0.955. The van der Waals surface area contributed by atoms with Crippen molar-refractivity contribution in [3.8, 4) is 0 Å². The van der Waals surface area contributed by atoms with E-state index in [-0.39, 0.29) is 0 Å². The number of aryl methyl sites for hydroxylation is 2. The van der Waals surface area contributed by atoms with E-state index in [1.165, 1.54) is 23.1 Å². The Morgan fingerprint density at radius 3 is 2.84 bits per heavy atom. The third-order valence-electron chi connectivity index (χ3n) is 2.17. The average molecular weight is 318 g/mol. The monoisotopic (exact) mass is 318 g/mol. The van der Waals surface area contributed by atoms with Gasteiger partial charge in [-0.2, -0.15) is 0 Å². The van der Waals surface area contributed by atoms with Gasteiger partial charge in [-0.25, -0.2) is 18.1 Å². The quantitative estimate of drug-likeness (QED) is 0.623. The van der Waals surface area contributed by atoms with Crippen LogP contribution in [0.2, 0.25) is 0 Å². The molecule has 0 amide bonds. The zero-order chi connectivity index (χ0) is 13.9. The minimum atomic E-state index is -3.38. The minimum Gasteiger partial charge on any atom is -0.262 e. The molecule has 6 nitrogen and oxygen atoms in total. The molecule has 0 saturated carbocycles. The molecule has 0 fully saturated rings. The molecule has 0 unspecified atom stereocenters. The van der Waals surface area contributed by atoms with Crippen molar-refractivity contribution >= 4 is 33.1 Å². The molecular weight excluding hydrogens is 304 g/mol. The zero-order valence-corrected chi connectivity index (χ0v) is 13.0. The maximum atomic E-state index is 11.9. The van der Waals surface area contributed by atoms with E-state index in [1.807, 2.05) is 19.2 Å². The molecule has 19 heavy (non-hydrogen) atoms. The summed E-state index contributed by atoms with van der Waals surface area (Å²) >= 11 is 2.63. The predicted molar refractivity (Wildman–Crippen MR) is 76.1 cm³/mol. The lowest BCUT2D eigenvalue weighted by atomic mass is 10.4. The van der Waals surface area contributed by atoms with Crippen LogP contribution in [0.25, 0.3) is 0 Å². The number of H-pyrrole nitrogens is 1. The van der Waals surface area contributed by atoms with Gasteiger partial charge in [-0.05, 0) is 30.9 Å². The molecule has 0 atom stereocenters. The minimum absolute atomic E-state index is 0.345. The zero-order valence-electron chi connectivity index (χ0n) is 10.5. The summed E-state index contributed by atoms with van der Waals surface area (Å²) in [6, 6.07) is 1.67. The summed E-state index contributed by atoms with van der Waals surface area (Å²) < 4.78 is 26.7. The standard InChI is InChI=1S/C10H14N4O2S3/c1-7-5-9(18-6-7)19(15,16)11-3-4-17-10-12-8(2)13-14-10/h5-6,11H,3-4H2,1-2H3,(H,12,13,14). The van der Waals surface area contributed by atoms with Crippen LogP contribution in [0.4, 0.5) is 0 Å². The first-order valence-electron chi connectivity index (χ1n) is 5.54. The van der Waals surface area contributed by atoms with E-state index in [0.717, 1.165) is 11.4 Å². The highest BCUT2D eigenvalue weighted by Crippen LogP contribution is 2.19. The van der Waals surface area contributed by atoms with Crippen LogP contribution in [0.5, 0.6) is 0 Å². The molecule has 2 rings (SSSR count). The van der Waals surface area contributed by atoms with Gasteiger partial charge in [-0.1, -0.05) is 11.8 Å². The van der Waals surface area contributed by atoms with E-state index in [0.29, 0.717) is 21.7 Å². The van der Waals surface area contributed by atoms with Crippen LogP contribution >= 0.6 is 23.1 Å². The first-order chi connectivity index (χ1) is 8.97. The highest BCUT2D eigenvalue weighted by atomic mass is 32.2. The van der Waals surface area contributed by atoms with E-state index in [1.54, 1.807) is 6.07 Å². The van der Waals surface area contributed by atoms with Crippen molar-refractivity contribution in [2.45, 2.75) is 23.2 Å². The molecule has 0 aromatic carbocycles. The lowest BCUT2D eigenvalue weighted by molar-refractivity contribution is 0.586. The highest BCUT2D eigenvalue weighted by Gasteiger charge is 2.15. The summed E-state index contributed by atoms with van der Waals surface area (Å²) in [6.07, 6.45) is 0. The van der Waals surface area contributed by atoms with Crippen molar-refractivity contribution in [2.75, 3.05) is 12.3 Å². The average Bonchev–Trinajstić information content (AvgIpc) is 2.94. The third-order valence-corrected chi connectivity index (χ3v) is 6.04. The molecule has 2 aromatic rings. The van der Waals surface area contributed by atoms with Gasteiger partial charge in [0.1, 0.15) is 10.0 Å². The van der Waals surface area contributed by atoms with Crippen molar-refractivity contribution in [3.05, 3.63) is 22.8 Å². The van der Waals surface area contributed by atoms with E-state index in [9.17, 15) is 8.42 Å². The van der Waals surface area contributed by atoms with E-state index < -0.39 is 10.0 Å². The molecule has 2 N–H and O–H groups in total. The summed E-state index contributed by atoms with van der Waals surface area (Å²) in [6.45, 7) is 4.04. The topological polar surface area (TPSA) is 87.7 Å². The van der Waals surface area contributed by atoms with Crippen molar-refractivity contribution in [1.29, 1.82) is 0 Å². The third kappa shape index (κ3) is 4.03. The fourth-order valence-electron chi connectivity index (χ4n) is 1.32. The number of sulfonamides is 1. The molecule has 104 valence electrons. The van der Waals surface area contributed by atoms with Crippen molar-refractivity contribution in [1.82, 2.24) is 19.9 Å². The number of thiophene rings is 1. The Hall–Kier alpha value is -0.900. The Bertz CT molecular complexity index is 647. The number of nitrogens with one attached hydrogen (secondary N) is 2. The number of aromatic amines is 1. The lowest BCUT2D eigenvalue weighted by Crippen LogP contribution is -2.25. The van der Waals surface area contributed by atoms with Gasteiger partial charge in [-0.15, -0.1) is 16.4 Å². The molecule has 0 aliphatic carbocycles. The van der Waals surface area contributed by atoms with E-state index >= 15 is 0 Å². The molecule has 0 spiro atoms. The van der Waals surface area contributed by atoms with Gasteiger partial charge < -0.3 is 0 Å². The number of thioether (sulfide) groups is 1. The van der Waals surface area contributed by atoms with Gasteiger partial charge in [0.25, 0.3) is 0 Å². The number of hydrogen-bond acceptors (Lipinski definition) is 6. The van der Waals surface area contributed by atoms with Crippen LogP contribution in [0.1, 0.15) is 11.4 Å². The van der Waals surface area contributed by atoms with Crippen LogP contribution in [-0.4, -0.2) is 35.9 Å². The SMILES string of the molecule is Cc1csc(S(=O)(=O)NCCSc2n[nH]c(C)n2)c1. The van der Waals surface area contributed by atoms with Gasteiger partial charge in [0.2, 0.25) is 15.2 Å². The summed E-state index contributed by atoms with van der Waals surface area (Å²) in [7, 11) is -3.38. The molecule has 0 saturated heterocycles. The summed E-state index contributed by atoms with van der Waals surface area (Å²) in [5.74, 6) is 1.33. The maximum absolute atomic E-state index is 11.9. The Morgan fingerprint density at radius 1 is 1.47 bits per heavy atom. The van der Waals surface area contributed by atoms with Crippen LogP contribution in [0.3, 0.4) is 0 Å². The van der Waals surface area contributed by atoms with Crippen molar-refractivity contribution in [2.24, 2.45) is 0 Å². The molecule has 0 bridgehead atoms. The predicted octanol–water partition coefficient (Wildman–Crippen LogP) is 1.55. The number of aromatic nitrogens is 3. The first-order valence-corrected chi connectivity index (χ1v) is 8.89. The van der Waals surface area contributed by atoms with Gasteiger partial charge in [0.05, 0.1) is 0 Å². The van der Waals surface area contributed by atoms with Crippen molar-refractivity contribution in [3.63, 3.8) is 0 Å². The molecule has 2 aromatic heterocycles. The van der Waals surface area contributed by atoms with Crippen LogP contribution in [-0.2, 0) is 10.0 Å². The lowest BCUT2D eigenvalue weighted by Gasteiger charge is -2.03. The largest absolute Gasteiger partial charge is 0.262 e. The fourth-order valence-corrected chi connectivity index (χ4v) is 4.46. The number of hydrogen-bond donors (Lipinski definition) is 2. The Kier molecular flexibility index (Phi) is 4.61. The van der Waals surface area contributed by atoms with E-state index in [4.69, 9.17) is 0 Å². The fraction of sp³-hybridized carbons (Fsp3) is 0.400. The summed E-state index contributed by atoms with van der Waals surface area (Å²) in [5, 5.41) is 9.15. The first kappa shape index (κ1) is 14.5. The second-order valence-electron chi connectivity index (χ2n) is 3.89. The normalized spacial score (nSPS) is 11.9. The second-order valence-corrected chi connectivity index (χ2v) is 7.86. The van der Waals surface area contributed by atoms with Gasteiger partial charge in [0, 0.05) is 12.3 Å². The van der Waals surface area contributed by atoms with Crippen LogP contribution in [0.15, 0.2) is 20.8 Å². The van der Waals surface area contributed by atoms with Crippen LogP contribution < -0.4 is 4.72 Å². The molecular formula is C10H14N4O2S3. The molecule has 0 aliphatic heterocycles. The Morgan fingerprint density at radius 2 is 2.26 bits per heavy atom. The Balaban J connectivity index is 1.82. The molecule has 2 heterocycles. The van der Waals surface area contributed by atoms with Crippen molar-refractivity contribution < 1.29 is 8.42 Å². The summed E-state index contributed by atoms with van der Waals surface area (Å²) in [4.78, 5) is 4.13. The van der Waals surface area contributed by atoms with Gasteiger partial charge in [0.15, 0.2) is 0 Å². The molecule has 9 heteroatoms. The smallest absolute Gasteiger partial charge is 0.250 e. The van der Waals surface area contributed by atoms with Gasteiger partial charge in [-0.3, -0.25) is 5.10 Å². The molecule has 0 radical (unpaired) electrons. The Labute approximate surface area is 120 Å². The van der Waals surface area contributed by atoms with Crippen LogP contribution in [0, 0.1) is 13.8 Å². The number of nitrogens with zero attached hydrogens (tertiary/aromatic N) is 2. The highest BCUT2D eigenvalue weighted by molar-refractivity contribution is 7.99.